The maximum Gasteiger partial charge on any atom is 0.0892 e. The van der Waals surface area contributed by atoms with Crippen LogP contribution in [-0.4, -0.2) is 39.9 Å². The Morgan fingerprint density at radius 1 is 0.304 bits per heavy atom. The van der Waals surface area contributed by atoms with E-state index in [0.717, 1.165) is 102 Å². The fourth-order valence-electron chi connectivity index (χ4n) is 6.77. The number of hydrogen-bond donors (Lipinski definition) is 2. The smallest absolute Gasteiger partial charge is 0.0892 e. The normalized spacial score (nSPS) is 12.9. The molecule has 0 aliphatic carbocycles. The molecule has 2 aliphatic heterocycles. The maximum atomic E-state index is 5.47. The highest BCUT2D eigenvalue weighted by Gasteiger charge is 2.31. The largest absolute Gasteiger partial charge is 0.352 e. The molecule has 16 heteroatoms. The zero-order valence-corrected chi connectivity index (χ0v) is 40.6. The topological polar surface area (TPSA) is 109 Å². The predicted octanol–water partition coefficient (Wildman–Crippen LogP) is 14.8. The lowest BCUT2D eigenvalue weighted by molar-refractivity contribution is 1.26. The molecule has 0 saturated carbocycles. The number of H-pyrrole nitrogens is 2. The SMILES string of the molecule is BrC1=C(Br)c2nc1c(-c1ccncc1)c1nc(c(-c3ccncc3)c3[nH]c(c(Br)c3Br)c(-c3ccncc3)c3[nH]c(c(Br)c3Br)c2-c2ccncc2)C(Br)=C1Br. The predicted molar refractivity (Wildman–Crippen MR) is 254 cm³/mol. The van der Waals surface area contributed by atoms with Gasteiger partial charge >= 0.3 is 0 Å². The molecule has 0 atom stereocenters. The average molecular weight is 1250 g/mol. The zero-order valence-electron chi connectivity index (χ0n) is 27.9. The van der Waals surface area contributed by atoms with Crippen LogP contribution in [-0.2, 0) is 0 Å². The van der Waals surface area contributed by atoms with Crippen LogP contribution in [0.15, 0.2) is 116 Å². The molecule has 0 radical (unpaired) electrons. The van der Waals surface area contributed by atoms with Gasteiger partial charge in [0.05, 0.1) is 80.7 Å². The van der Waals surface area contributed by atoms with Crippen molar-refractivity contribution in [1.82, 2.24) is 39.9 Å². The first-order valence-electron chi connectivity index (χ1n) is 16.4. The summed E-state index contributed by atoms with van der Waals surface area (Å²) in [6, 6.07) is 15.8. The summed E-state index contributed by atoms with van der Waals surface area (Å²) in [7, 11) is 0. The van der Waals surface area contributed by atoms with E-state index in [1.165, 1.54) is 0 Å². The van der Waals surface area contributed by atoms with E-state index in [0.29, 0.717) is 22.8 Å². The molecule has 0 spiro atoms. The third-order valence-corrected chi connectivity index (χ3v) is 17.6. The third-order valence-electron chi connectivity index (χ3n) is 9.25. The molecule has 8 bridgehead atoms. The quantitative estimate of drug-likeness (QED) is 0.182. The number of aromatic nitrogens is 8. The molecule has 7 aromatic rings. The monoisotopic (exact) mass is 1240 g/mol. The number of rotatable bonds is 4. The lowest BCUT2D eigenvalue weighted by Gasteiger charge is -2.08. The lowest BCUT2D eigenvalue weighted by atomic mass is 10.0. The van der Waals surface area contributed by atoms with E-state index < -0.39 is 0 Å². The fourth-order valence-corrected chi connectivity index (χ4v) is 10.6. The van der Waals surface area contributed by atoms with Crippen LogP contribution in [0.1, 0.15) is 22.8 Å². The fraction of sp³-hybridized carbons (Fsp3) is 0. The molecular formula is C40H18Br8N8. The van der Waals surface area contributed by atoms with Gasteiger partial charge in [0, 0.05) is 71.8 Å². The molecule has 0 saturated heterocycles. The van der Waals surface area contributed by atoms with E-state index in [1.54, 1.807) is 49.6 Å². The first-order chi connectivity index (χ1) is 27.2. The first kappa shape index (κ1) is 38.6. The first-order valence-corrected chi connectivity index (χ1v) is 22.8. The van der Waals surface area contributed by atoms with Gasteiger partial charge in [-0.3, -0.25) is 19.9 Å². The molecular weight excluding hydrogens is 1230 g/mol. The number of nitrogens with one attached hydrogen (secondary N) is 2. The molecule has 56 heavy (non-hydrogen) atoms. The van der Waals surface area contributed by atoms with Crippen LogP contribution in [0.25, 0.3) is 84.5 Å². The molecule has 2 N–H and O–H groups in total. The van der Waals surface area contributed by atoms with E-state index in [2.05, 4.69) is 157 Å². The van der Waals surface area contributed by atoms with Crippen LogP contribution in [0.3, 0.4) is 0 Å². The van der Waals surface area contributed by atoms with Crippen molar-refractivity contribution < 1.29 is 0 Å². The standard InChI is InChI=1S/C40H18Br8N8/c41-25-27(43)35-22(18-3-11-50-12-4-18)37-29(45)31(47)39(55-37)24(20-7-15-52-16-8-20)40-32(48)30(46)38(56-40)23(19-5-13-51-14-6-19)36-28(44)26(42)34(54-36)21(33(25)53-35)17-1-9-49-10-2-17/h1-16,53-54H. The molecule has 274 valence electrons. The third kappa shape index (κ3) is 6.42. The second-order valence-electron chi connectivity index (χ2n) is 12.3. The number of pyridine rings is 4. The van der Waals surface area contributed by atoms with Crippen LogP contribution in [0.5, 0.6) is 0 Å². The summed E-state index contributed by atoms with van der Waals surface area (Å²) in [5, 5.41) is 0. The van der Waals surface area contributed by atoms with Gasteiger partial charge in [-0.05, 0) is 198 Å². The molecule has 0 aromatic carbocycles. The highest BCUT2D eigenvalue weighted by atomic mass is 79.9. The summed E-state index contributed by atoms with van der Waals surface area (Å²) in [5.41, 5.74) is 12.9. The molecule has 0 unspecified atom stereocenters. The van der Waals surface area contributed by atoms with Crippen molar-refractivity contribution in [3.63, 3.8) is 0 Å². The van der Waals surface area contributed by atoms with Gasteiger partial charge in [-0.25, -0.2) is 9.97 Å². The summed E-state index contributed by atoms with van der Waals surface area (Å²) in [6.07, 6.45) is 14.2. The van der Waals surface area contributed by atoms with Crippen LogP contribution in [0.4, 0.5) is 0 Å². The van der Waals surface area contributed by atoms with Crippen molar-refractivity contribution in [2.75, 3.05) is 0 Å². The maximum absolute atomic E-state index is 5.47. The van der Waals surface area contributed by atoms with Gasteiger partial charge in [-0.1, -0.05) is 0 Å². The average Bonchev–Trinajstić information content (AvgIpc) is 3.89. The van der Waals surface area contributed by atoms with Gasteiger partial charge in [0.25, 0.3) is 0 Å². The Labute approximate surface area is 386 Å². The highest BCUT2D eigenvalue weighted by Crippen LogP contribution is 2.53. The van der Waals surface area contributed by atoms with Gasteiger partial charge in [-0.15, -0.1) is 0 Å². The van der Waals surface area contributed by atoms with Crippen molar-refractivity contribution >= 4 is 167 Å². The minimum absolute atomic E-state index is 0.677. The highest BCUT2D eigenvalue weighted by molar-refractivity contribution is 9.18. The summed E-state index contributed by atoms with van der Waals surface area (Å²) in [4.78, 5) is 36.0. The number of aromatic amines is 2. The molecule has 0 amide bonds. The van der Waals surface area contributed by atoms with E-state index >= 15 is 0 Å². The van der Waals surface area contributed by atoms with Crippen LogP contribution in [0, 0.1) is 0 Å². The van der Waals surface area contributed by atoms with Crippen molar-refractivity contribution in [3.8, 4) is 44.5 Å². The van der Waals surface area contributed by atoms with Gasteiger partial charge in [0.2, 0.25) is 0 Å². The second kappa shape index (κ2) is 15.7. The Balaban J connectivity index is 1.63. The number of nitrogens with zero attached hydrogens (tertiary/aromatic N) is 6. The Bertz CT molecular complexity index is 2820. The van der Waals surface area contributed by atoms with Crippen LogP contribution < -0.4 is 0 Å². The van der Waals surface area contributed by atoms with Crippen LogP contribution in [0.2, 0.25) is 0 Å². The summed E-state index contributed by atoms with van der Waals surface area (Å²) < 4.78 is 6.28. The molecule has 0 fully saturated rings. The minimum Gasteiger partial charge on any atom is -0.352 e. The van der Waals surface area contributed by atoms with Gasteiger partial charge in [0.1, 0.15) is 0 Å². The second-order valence-corrected chi connectivity index (χ2v) is 18.7. The zero-order chi connectivity index (χ0) is 38.8. The van der Waals surface area contributed by atoms with Gasteiger partial charge in [0.15, 0.2) is 0 Å². The Kier molecular flexibility index (Phi) is 10.8. The summed E-state index contributed by atoms with van der Waals surface area (Å²) in [6.45, 7) is 0. The molecule has 7 aromatic heterocycles. The Hall–Kier alpha value is -2.96. The summed E-state index contributed by atoms with van der Waals surface area (Å²) >= 11 is 31.9. The number of fused-ring (bicyclic) bond motifs is 8. The van der Waals surface area contributed by atoms with Crippen molar-refractivity contribution in [2.45, 2.75) is 0 Å². The van der Waals surface area contributed by atoms with Crippen molar-refractivity contribution in [3.05, 3.63) is 139 Å². The van der Waals surface area contributed by atoms with E-state index in [4.69, 9.17) is 9.97 Å². The molecule has 8 nitrogen and oxygen atoms in total. The van der Waals surface area contributed by atoms with E-state index in [-0.39, 0.29) is 0 Å². The number of halogens is 8. The van der Waals surface area contributed by atoms with Crippen LogP contribution >= 0.6 is 127 Å². The molecule has 9 rings (SSSR count). The van der Waals surface area contributed by atoms with E-state index in [9.17, 15) is 0 Å². The Morgan fingerprint density at radius 3 is 0.839 bits per heavy atom. The Morgan fingerprint density at radius 2 is 0.536 bits per heavy atom. The number of hydrogen-bond acceptors (Lipinski definition) is 6. The minimum atomic E-state index is 0.677. The van der Waals surface area contributed by atoms with Gasteiger partial charge in [-0.2, -0.15) is 0 Å². The lowest BCUT2D eigenvalue weighted by Crippen LogP contribution is -1.93. The molecule has 2 aliphatic rings. The molecule has 9 heterocycles. The van der Waals surface area contributed by atoms with Gasteiger partial charge < -0.3 is 9.97 Å². The summed E-state index contributed by atoms with van der Waals surface area (Å²) in [5.74, 6) is 0. The van der Waals surface area contributed by atoms with Crippen molar-refractivity contribution in [2.24, 2.45) is 0 Å². The van der Waals surface area contributed by atoms with Crippen molar-refractivity contribution in [1.29, 1.82) is 0 Å². The van der Waals surface area contributed by atoms with E-state index in [1.807, 2.05) is 48.5 Å².